The van der Waals surface area contributed by atoms with Gasteiger partial charge in [0.2, 0.25) is 11.8 Å². The Kier molecular flexibility index (Phi) is 7.43. The molecule has 0 bridgehead atoms. The fourth-order valence-electron chi connectivity index (χ4n) is 3.55. The van der Waals surface area contributed by atoms with E-state index in [0.29, 0.717) is 19.6 Å². The van der Waals surface area contributed by atoms with Gasteiger partial charge in [0, 0.05) is 31.9 Å². The van der Waals surface area contributed by atoms with E-state index in [1.807, 2.05) is 36.1 Å². The minimum absolute atomic E-state index is 0. The fourth-order valence-corrected chi connectivity index (χ4v) is 3.55. The van der Waals surface area contributed by atoms with Crippen LogP contribution >= 0.6 is 12.4 Å². The van der Waals surface area contributed by atoms with Gasteiger partial charge in [0.05, 0.1) is 12.1 Å². The number of benzene rings is 1. The number of carbonyl (C=O) groups excluding carboxylic acids is 2. The van der Waals surface area contributed by atoms with Crippen LogP contribution in [-0.4, -0.2) is 37.6 Å². The molecule has 2 aliphatic rings. The van der Waals surface area contributed by atoms with Crippen LogP contribution in [0.25, 0.3) is 0 Å². The molecule has 6 nitrogen and oxygen atoms in total. The van der Waals surface area contributed by atoms with Crippen LogP contribution in [0.3, 0.4) is 0 Å². The zero-order valence-corrected chi connectivity index (χ0v) is 16.0. The molecule has 7 heteroatoms. The number of nitrogens with zero attached hydrogens (tertiary/aromatic N) is 1. The van der Waals surface area contributed by atoms with E-state index in [2.05, 4.69) is 5.32 Å². The predicted molar refractivity (Wildman–Crippen MR) is 103 cm³/mol. The van der Waals surface area contributed by atoms with Crippen LogP contribution in [-0.2, 0) is 14.3 Å². The molecule has 2 heterocycles. The van der Waals surface area contributed by atoms with Crippen molar-refractivity contribution in [3.05, 3.63) is 29.8 Å². The highest BCUT2D eigenvalue weighted by atomic mass is 35.5. The largest absolute Gasteiger partial charge is 0.381 e. The van der Waals surface area contributed by atoms with Crippen LogP contribution in [0.4, 0.5) is 5.69 Å². The molecule has 2 saturated heterocycles. The Morgan fingerprint density at radius 2 is 1.92 bits per heavy atom. The standard InChI is InChI=1S/C19H27N3O3.ClH/c1-13(21-19(24)18(20)15-8-11-25-12-9-15)14-4-6-16(7-5-14)22-10-2-3-17(22)23;/h4-7,13,15,18H,2-3,8-12,20H2,1H3,(H,21,24);1H. The highest BCUT2D eigenvalue weighted by molar-refractivity contribution is 5.95. The summed E-state index contributed by atoms with van der Waals surface area (Å²) >= 11 is 0. The van der Waals surface area contributed by atoms with Gasteiger partial charge in [0.15, 0.2) is 0 Å². The van der Waals surface area contributed by atoms with Crippen molar-refractivity contribution in [1.29, 1.82) is 0 Å². The SMILES string of the molecule is CC(NC(=O)C(N)C1CCOCC1)c1ccc(N2CCCC2=O)cc1.Cl. The van der Waals surface area contributed by atoms with Gasteiger partial charge in [-0.15, -0.1) is 12.4 Å². The molecule has 2 unspecified atom stereocenters. The Labute approximate surface area is 160 Å². The van der Waals surface area contributed by atoms with Crippen molar-refractivity contribution < 1.29 is 14.3 Å². The molecule has 2 fully saturated rings. The molecule has 0 aromatic heterocycles. The van der Waals surface area contributed by atoms with Crippen LogP contribution in [0.5, 0.6) is 0 Å². The van der Waals surface area contributed by atoms with Gasteiger partial charge in [-0.3, -0.25) is 9.59 Å². The lowest BCUT2D eigenvalue weighted by Crippen LogP contribution is -2.47. The monoisotopic (exact) mass is 381 g/mol. The predicted octanol–water partition coefficient (Wildman–Crippen LogP) is 2.17. The number of carbonyl (C=O) groups is 2. The van der Waals surface area contributed by atoms with Gasteiger partial charge in [-0.1, -0.05) is 12.1 Å². The maximum absolute atomic E-state index is 12.4. The van der Waals surface area contributed by atoms with E-state index in [-0.39, 0.29) is 36.2 Å². The van der Waals surface area contributed by atoms with E-state index in [1.54, 1.807) is 0 Å². The number of hydrogen-bond acceptors (Lipinski definition) is 4. The summed E-state index contributed by atoms with van der Waals surface area (Å²) in [6, 6.07) is 7.20. The number of rotatable bonds is 5. The maximum Gasteiger partial charge on any atom is 0.237 e. The second-order valence-electron chi connectivity index (χ2n) is 6.95. The Morgan fingerprint density at radius 3 is 2.50 bits per heavy atom. The molecule has 3 N–H and O–H groups in total. The first-order valence-corrected chi connectivity index (χ1v) is 9.10. The quantitative estimate of drug-likeness (QED) is 0.818. The third-order valence-electron chi connectivity index (χ3n) is 5.21. The summed E-state index contributed by atoms with van der Waals surface area (Å²) in [4.78, 5) is 26.0. The Hall–Kier alpha value is -1.63. The van der Waals surface area contributed by atoms with E-state index >= 15 is 0 Å². The number of anilines is 1. The van der Waals surface area contributed by atoms with Gasteiger partial charge in [-0.2, -0.15) is 0 Å². The van der Waals surface area contributed by atoms with Crippen molar-refractivity contribution in [2.24, 2.45) is 11.7 Å². The molecule has 2 atom stereocenters. The number of ether oxygens (including phenoxy) is 1. The van der Waals surface area contributed by atoms with Crippen LogP contribution in [0.15, 0.2) is 24.3 Å². The molecule has 26 heavy (non-hydrogen) atoms. The van der Waals surface area contributed by atoms with Gasteiger partial charge >= 0.3 is 0 Å². The first-order valence-electron chi connectivity index (χ1n) is 9.10. The molecular formula is C19H28ClN3O3. The molecule has 0 radical (unpaired) electrons. The highest BCUT2D eigenvalue weighted by Gasteiger charge is 2.27. The Morgan fingerprint density at radius 1 is 1.27 bits per heavy atom. The second-order valence-corrected chi connectivity index (χ2v) is 6.95. The van der Waals surface area contributed by atoms with Crippen molar-refractivity contribution in [2.45, 2.75) is 44.7 Å². The summed E-state index contributed by atoms with van der Waals surface area (Å²) in [6.07, 6.45) is 3.21. The zero-order chi connectivity index (χ0) is 17.8. The van der Waals surface area contributed by atoms with E-state index in [0.717, 1.165) is 37.1 Å². The molecule has 0 saturated carbocycles. The van der Waals surface area contributed by atoms with E-state index < -0.39 is 6.04 Å². The Bertz CT molecular complexity index is 617. The molecular weight excluding hydrogens is 354 g/mol. The number of halogens is 1. The molecule has 3 rings (SSSR count). The van der Waals surface area contributed by atoms with Gasteiger partial charge in [0.25, 0.3) is 0 Å². The third-order valence-corrected chi connectivity index (χ3v) is 5.21. The molecule has 2 aliphatic heterocycles. The number of nitrogens with one attached hydrogen (secondary N) is 1. The van der Waals surface area contributed by atoms with Crippen molar-refractivity contribution in [3.8, 4) is 0 Å². The van der Waals surface area contributed by atoms with Gasteiger partial charge in [-0.05, 0) is 49.8 Å². The first kappa shape index (κ1) is 20.7. The summed E-state index contributed by atoms with van der Waals surface area (Å²) in [7, 11) is 0. The van der Waals surface area contributed by atoms with Crippen LogP contribution in [0.2, 0.25) is 0 Å². The number of amides is 2. The van der Waals surface area contributed by atoms with Crippen LogP contribution < -0.4 is 16.0 Å². The van der Waals surface area contributed by atoms with Crippen LogP contribution in [0, 0.1) is 5.92 Å². The lowest BCUT2D eigenvalue weighted by atomic mass is 9.91. The fraction of sp³-hybridized carbons (Fsp3) is 0.579. The minimum atomic E-state index is -0.493. The van der Waals surface area contributed by atoms with Gasteiger partial charge in [0.1, 0.15) is 0 Å². The topological polar surface area (TPSA) is 84.7 Å². The zero-order valence-electron chi connectivity index (χ0n) is 15.1. The van der Waals surface area contributed by atoms with Crippen molar-refractivity contribution in [1.82, 2.24) is 5.32 Å². The molecule has 1 aromatic rings. The first-order chi connectivity index (χ1) is 12.1. The lowest BCUT2D eigenvalue weighted by molar-refractivity contribution is -0.125. The molecule has 0 aliphatic carbocycles. The summed E-state index contributed by atoms with van der Waals surface area (Å²) in [5.74, 6) is 0.249. The maximum atomic E-state index is 12.4. The van der Waals surface area contributed by atoms with E-state index in [4.69, 9.17) is 10.5 Å². The average Bonchev–Trinajstić information content (AvgIpc) is 3.07. The lowest BCUT2D eigenvalue weighted by Gasteiger charge is -2.28. The summed E-state index contributed by atoms with van der Waals surface area (Å²) < 4.78 is 5.33. The Balaban J connectivity index is 0.00000243. The summed E-state index contributed by atoms with van der Waals surface area (Å²) in [5, 5.41) is 3.01. The van der Waals surface area contributed by atoms with Crippen molar-refractivity contribution >= 4 is 29.9 Å². The molecule has 144 valence electrons. The number of nitrogens with two attached hydrogens (primary N) is 1. The van der Waals surface area contributed by atoms with Crippen molar-refractivity contribution in [3.63, 3.8) is 0 Å². The number of hydrogen-bond donors (Lipinski definition) is 2. The van der Waals surface area contributed by atoms with Gasteiger partial charge in [-0.25, -0.2) is 0 Å². The summed E-state index contributed by atoms with van der Waals surface area (Å²) in [5.41, 5.74) is 8.05. The molecule has 1 aromatic carbocycles. The highest BCUT2D eigenvalue weighted by Crippen LogP contribution is 2.24. The average molecular weight is 382 g/mol. The summed E-state index contributed by atoms with van der Waals surface area (Å²) in [6.45, 7) is 4.09. The smallest absolute Gasteiger partial charge is 0.237 e. The van der Waals surface area contributed by atoms with E-state index in [1.165, 1.54) is 0 Å². The van der Waals surface area contributed by atoms with Gasteiger partial charge < -0.3 is 20.7 Å². The molecule has 0 spiro atoms. The minimum Gasteiger partial charge on any atom is -0.381 e. The second kappa shape index (κ2) is 9.35. The van der Waals surface area contributed by atoms with Crippen LogP contribution in [0.1, 0.15) is 44.2 Å². The third kappa shape index (κ3) is 4.75. The van der Waals surface area contributed by atoms with E-state index in [9.17, 15) is 9.59 Å². The normalized spacial score (nSPS) is 20.4. The van der Waals surface area contributed by atoms with Crippen molar-refractivity contribution in [2.75, 3.05) is 24.7 Å². The molecule has 2 amide bonds.